The highest BCUT2D eigenvalue weighted by molar-refractivity contribution is 5.92. The van der Waals surface area contributed by atoms with Crippen molar-refractivity contribution < 1.29 is 0 Å². The average molecular weight is 138 g/mol. The van der Waals surface area contributed by atoms with E-state index in [0.29, 0.717) is 5.41 Å². The largest absolute Gasteiger partial charge is 0.323 e. The minimum absolute atomic E-state index is 0.509. The van der Waals surface area contributed by atoms with Crippen LogP contribution in [0.3, 0.4) is 0 Å². The summed E-state index contributed by atoms with van der Waals surface area (Å²) in [7, 11) is 0. The normalized spacial score (nSPS) is 33.0. The number of nitrogens with two attached hydrogens (primary N) is 1. The Hall–Kier alpha value is -0.530. The molecule has 2 aliphatic carbocycles. The fourth-order valence-electron chi connectivity index (χ4n) is 2.35. The standard InChI is InChI=1S/C8H14N2/c9-10-7-3-1-4-8(7)5-2-6-8/h1-6,9H2/b10-7-. The van der Waals surface area contributed by atoms with Crippen LogP contribution >= 0.6 is 0 Å². The molecule has 0 aromatic heterocycles. The minimum Gasteiger partial charge on any atom is -0.323 e. The lowest BCUT2D eigenvalue weighted by Crippen LogP contribution is -2.33. The van der Waals surface area contributed by atoms with Gasteiger partial charge in [0.2, 0.25) is 0 Å². The molecule has 2 rings (SSSR count). The van der Waals surface area contributed by atoms with Gasteiger partial charge >= 0.3 is 0 Å². The molecule has 0 amide bonds. The molecule has 0 heterocycles. The molecule has 2 nitrogen and oxygen atoms in total. The van der Waals surface area contributed by atoms with Gasteiger partial charge in [-0.1, -0.05) is 6.42 Å². The molecule has 0 radical (unpaired) electrons. The molecule has 0 saturated heterocycles. The van der Waals surface area contributed by atoms with Crippen LogP contribution in [0.25, 0.3) is 0 Å². The lowest BCUT2D eigenvalue weighted by molar-refractivity contribution is 0.231. The van der Waals surface area contributed by atoms with Gasteiger partial charge in [-0.3, -0.25) is 0 Å². The van der Waals surface area contributed by atoms with Crippen molar-refractivity contribution >= 4 is 5.71 Å². The SMILES string of the molecule is N/N=C1/CCCC12CCC2. The van der Waals surface area contributed by atoms with Crippen molar-refractivity contribution in [1.29, 1.82) is 0 Å². The van der Waals surface area contributed by atoms with Crippen LogP contribution < -0.4 is 5.84 Å². The summed E-state index contributed by atoms with van der Waals surface area (Å²) < 4.78 is 0. The van der Waals surface area contributed by atoms with Crippen LogP contribution in [0.2, 0.25) is 0 Å². The first-order valence-corrected chi connectivity index (χ1v) is 4.15. The number of hydrazone groups is 1. The van der Waals surface area contributed by atoms with Gasteiger partial charge in [-0.2, -0.15) is 5.10 Å². The molecule has 10 heavy (non-hydrogen) atoms. The van der Waals surface area contributed by atoms with Crippen LogP contribution in [-0.2, 0) is 0 Å². The highest BCUT2D eigenvalue weighted by atomic mass is 15.1. The predicted octanol–water partition coefficient (Wildman–Crippen LogP) is 1.66. The Morgan fingerprint density at radius 1 is 1.20 bits per heavy atom. The van der Waals surface area contributed by atoms with Crippen molar-refractivity contribution in [3.63, 3.8) is 0 Å². The molecular formula is C8H14N2. The summed E-state index contributed by atoms with van der Waals surface area (Å²) in [5, 5.41) is 3.88. The molecular weight excluding hydrogens is 124 g/mol. The van der Waals surface area contributed by atoms with E-state index in [-0.39, 0.29) is 0 Å². The van der Waals surface area contributed by atoms with E-state index in [0.717, 1.165) is 6.42 Å². The van der Waals surface area contributed by atoms with E-state index in [2.05, 4.69) is 5.10 Å². The lowest BCUT2D eigenvalue weighted by Gasteiger charge is -2.38. The first kappa shape index (κ1) is 6.20. The minimum atomic E-state index is 0.509. The maximum atomic E-state index is 5.31. The second-order valence-corrected chi connectivity index (χ2v) is 3.56. The Morgan fingerprint density at radius 2 is 1.90 bits per heavy atom. The van der Waals surface area contributed by atoms with E-state index in [1.165, 1.54) is 37.8 Å². The van der Waals surface area contributed by atoms with E-state index >= 15 is 0 Å². The third kappa shape index (κ3) is 0.619. The van der Waals surface area contributed by atoms with Gasteiger partial charge in [0.1, 0.15) is 0 Å². The van der Waals surface area contributed by atoms with Crippen molar-refractivity contribution in [1.82, 2.24) is 0 Å². The highest BCUT2D eigenvalue weighted by Gasteiger charge is 2.44. The Morgan fingerprint density at radius 3 is 2.30 bits per heavy atom. The summed E-state index contributed by atoms with van der Waals surface area (Å²) in [6.07, 6.45) is 7.92. The quantitative estimate of drug-likeness (QED) is 0.401. The van der Waals surface area contributed by atoms with Crippen molar-refractivity contribution in [3.05, 3.63) is 0 Å². The number of nitrogens with zero attached hydrogens (tertiary/aromatic N) is 1. The summed E-state index contributed by atoms with van der Waals surface area (Å²) in [5.41, 5.74) is 1.81. The molecule has 0 aromatic rings. The van der Waals surface area contributed by atoms with Gasteiger partial charge in [-0.15, -0.1) is 0 Å². The van der Waals surface area contributed by atoms with Crippen molar-refractivity contribution in [2.45, 2.75) is 38.5 Å². The van der Waals surface area contributed by atoms with Crippen LogP contribution in [0.4, 0.5) is 0 Å². The van der Waals surface area contributed by atoms with Gasteiger partial charge in [0.15, 0.2) is 0 Å². The van der Waals surface area contributed by atoms with Crippen LogP contribution in [0.1, 0.15) is 38.5 Å². The van der Waals surface area contributed by atoms with Crippen molar-refractivity contribution in [3.8, 4) is 0 Å². The second-order valence-electron chi connectivity index (χ2n) is 3.56. The summed E-state index contributed by atoms with van der Waals surface area (Å²) in [4.78, 5) is 0. The third-order valence-corrected chi connectivity index (χ3v) is 3.15. The first-order valence-electron chi connectivity index (χ1n) is 4.15. The predicted molar refractivity (Wildman–Crippen MR) is 41.8 cm³/mol. The van der Waals surface area contributed by atoms with Gasteiger partial charge in [0.05, 0.1) is 0 Å². The Balaban J connectivity index is 2.20. The summed E-state index contributed by atoms with van der Waals surface area (Å²) in [5.74, 6) is 5.31. The molecule has 56 valence electrons. The monoisotopic (exact) mass is 138 g/mol. The topological polar surface area (TPSA) is 38.4 Å². The molecule has 0 unspecified atom stereocenters. The summed E-state index contributed by atoms with van der Waals surface area (Å²) in [6.45, 7) is 0. The number of hydrogen-bond acceptors (Lipinski definition) is 2. The smallest absolute Gasteiger partial charge is 0.0437 e. The molecule has 1 spiro atoms. The van der Waals surface area contributed by atoms with Gasteiger partial charge < -0.3 is 5.84 Å². The number of hydrogen-bond donors (Lipinski definition) is 1. The molecule has 2 N–H and O–H groups in total. The van der Waals surface area contributed by atoms with Crippen molar-refractivity contribution in [2.75, 3.05) is 0 Å². The van der Waals surface area contributed by atoms with Crippen LogP contribution in [0.15, 0.2) is 5.10 Å². The Labute approximate surface area is 61.5 Å². The van der Waals surface area contributed by atoms with Crippen LogP contribution in [0, 0.1) is 5.41 Å². The first-order chi connectivity index (χ1) is 4.87. The maximum Gasteiger partial charge on any atom is 0.0437 e. The summed E-state index contributed by atoms with van der Waals surface area (Å²) >= 11 is 0. The van der Waals surface area contributed by atoms with Gasteiger partial charge in [-0.05, 0) is 32.1 Å². The zero-order valence-electron chi connectivity index (χ0n) is 6.27. The Kier molecular flexibility index (Phi) is 1.22. The fraction of sp³-hybridized carbons (Fsp3) is 0.875. The highest BCUT2D eigenvalue weighted by Crippen LogP contribution is 2.51. The lowest BCUT2D eigenvalue weighted by atomic mass is 9.67. The summed E-state index contributed by atoms with van der Waals surface area (Å²) in [6, 6.07) is 0. The molecule has 2 aliphatic rings. The van der Waals surface area contributed by atoms with Gasteiger partial charge in [0.25, 0.3) is 0 Å². The average Bonchev–Trinajstić information content (AvgIpc) is 2.27. The van der Waals surface area contributed by atoms with Crippen molar-refractivity contribution in [2.24, 2.45) is 16.4 Å². The van der Waals surface area contributed by atoms with E-state index in [1.54, 1.807) is 0 Å². The number of rotatable bonds is 0. The van der Waals surface area contributed by atoms with E-state index in [1.807, 2.05) is 0 Å². The van der Waals surface area contributed by atoms with Crippen LogP contribution in [-0.4, -0.2) is 5.71 Å². The molecule has 0 bridgehead atoms. The van der Waals surface area contributed by atoms with Gasteiger partial charge in [0, 0.05) is 11.1 Å². The van der Waals surface area contributed by atoms with E-state index < -0.39 is 0 Å². The molecule has 0 aliphatic heterocycles. The molecule has 2 heteroatoms. The molecule has 2 fully saturated rings. The molecule has 2 saturated carbocycles. The van der Waals surface area contributed by atoms with E-state index in [4.69, 9.17) is 5.84 Å². The zero-order valence-corrected chi connectivity index (χ0v) is 6.27. The zero-order chi connectivity index (χ0) is 7.03. The van der Waals surface area contributed by atoms with Crippen LogP contribution in [0.5, 0.6) is 0 Å². The van der Waals surface area contributed by atoms with Gasteiger partial charge in [-0.25, -0.2) is 0 Å². The third-order valence-electron chi connectivity index (χ3n) is 3.15. The maximum absolute atomic E-state index is 5.31. The van der Waals surface area contributed by atoms with E-state index in [9.17, 15) is 0 Å². The second kappa shape index (κ2) is 1.97. The Bertz CT molecular complexity index is 168. The molecule has 0 aromatic carbocycles. The fourth-order valence-corrected chi connectivity index (χ4v) is 2.35. The molecule has 0 atom stereocenters.